The van der Waals surface area contributed by atoms with Crippen LogP contribution in [0.15, 0.2) is 48.5 Å². The molecule has 0 aliphatic heterocycles. The Bertz CT molecular complexity index is 767. The zero-order valence-electron chi connectivity index (χ0n) is 14.5. The van der Waals surface area contributed by atoms with Crippen molar-refractivity contribution in [3.05, 3.63) is 54.1 Å². The van der Waals surface area contributed by atoms with Crippen LogP contribution in [0.1, 0.15) is 29.6 Å². The summed E-state index contributed by atoms with van der Waals surface area (Å²) in [7, 11) is 0. The summed E-state index contributed by atoms with van der Waals surface area (Å²) in [5.41, 5.74) is 1.59. The van der Waals surface area contributed by atoms with Crippen LogP contribution in [0.2, 0.25) is 0 Å². The summed E-state index contributed by atoms with van der Waals surface area (Å²) in [5.74, 6) is -1.10. The number of ether oxygens (including phenoxy) is 1. The largest absolute Gasteiger partial charge is 0.481 e. The molecule has 3 N–H and O–H groups in total. The van der Waals surface area contributed by atoms with Gasteiger partial charge in [0.25, 0.3) is 5.91 Å². The Hall–Kier alpha value is -3.16. The fourth-order valence-electron chi connectivity index (χ4n) is 2.36. The number of carboxylic acids is 1. The van der Waals surface area contributed by atoms with Gasteiger partial charge in [0.2, 0.25) is 0 Å². The van der Waals surface area contributed by atoms with Gasteiger partial charge >= 0.3 is 12.6 Å². The first-order chi connectivity index (χ1) is 13.0. The minimum atomic E-state index is -2.89. The summed E-state index contributed by atoms with van der Waals surface area (Å²) in [6.07, 6.45) is 1.13. The number of aliphatic carboxylic acids is 1. The quantitative estimate of drug-likeness (QED) is 0.544. The van der Waals surface area contributed by atoms with Crippen LogP contribution >= 0.6 is 0 Å². The fraction of sp³-hybridized carbons (Fsp3) is 0.263. The van der Waals surface area contributed by atoms with E-state index in [9.17, 15) is 18.4 Å². The van der Waals surface area contributed by atoms with Crippen LogP contribution in [0.25, 0.3) is 0 Å². The molecular formula is C19H20F2N2O4. The summed E-state index contributed by atoms with van der Waals surface area (Å²) >= 11 is 0. The van der Waals surface area contributed by atoms with Crippen molar-refractivity contribution in [1.29, 1.82) is 0 Å². The average molecular weight is 378 g/mol. The first kappa shape index (κ1) is 20.2. The molecule has 0 aliphatic carbocycles. The standard InChI is InChI=1S/C19H20F2N2O4/c20-19(21)27-14-10-8-13(9-11-14)23-16-6-2-1-5-15(16)18(26)22-12-4-3-7-17(24)25/h1-2,5-6,8-11,19,23H,3-4,7,12H2,(H,22,26)(H,24,25). The molecule has 6 nitrogen and oxygen atoms in total. The predicted molar refractivity (Wildman–Crippen MR) is 96.6 cm³/mol. The molecule has 0 saturated carbocycles. The topological polar surface area (TPSA) is 87.7 Å². The molecule has 2 rings (SSSR count). The molecule has 0 fully saturated rings. The number of carbonyl (C=O) groups is 2. The van der Waals surface area contributed by atoms with Crippen molar-refractivity contribution < 1.29 is 28.2 Å². The van der Waals surface area contributed by atoms with Gasteiger partial charge in [-0.15, -0.1) is 0 Å². The summed E-state index contributed by atoms with van der Waals surface area (Å²) in [6, 6.07) is 12.8. The number of alkyl halides is 2. The lowest BCUT2D eigenvalue weighted by Crippen LogP contribution is -2.25. The van der Waals surface area contributed by atoms with Crippen molar-refractivity contribution in [1.82, 2.24) is 5.32 Å². The molecule has 2 aromatic rings. The third-order valence-corrected chi connectivity index (χ3v) is 3.63. The lowest BCUT2D eigenvalue weighted by atomic mass is 10.1. The van der Waals surface area contributed by atoms with Gasteiger partial charge in [-0.1, -0.05) is 12.1 Å². The number of carboxylic acid groups (broad SMARTS) is 1. The number of nitrogens with one attached hydrogen (secondary N) is 2. The van der Waals surface area contributed by atoms with Crippen molar-refractivity contribution in [3.63, 3.8) is 0 Å². The molecule has 144 valence electrons. The number of hydrogen-bond acceptors (Lipinski definition) is 4. The number of unbranched alkanes of at least 4 members (excludes halogenated alkanes) is 1. The van der Waals surface area contributed by atoms with Crippen molar-refractivity contribution >= 4 is 23.3 Å². The van der Waals surface area contributed by atoms with Crippen LogP contribution in [-0.2, 0) is 4.79 Å². The second kappa shape index (κ2) is 10.1. The predicted octanol–water partition coefficient (Wildman–Crippen LogP) is 4.02. The van der Waals surface area contributed by atoms with Crippen LogP contribution < -0.4 is 15.4 Å². The third kappa shape index (κ3) is 6.93. The minimum Gasteiger partial charge on any atom is -0.481 e. The Balaban J connectivity index is 1.96. The fourth-order valence-corrected chi connectivity index (χ4v) is 2.36. The normalized spacial score (nSPS) is 10.5. The molecule has 0 radical (unpaired) electrons. The molecule has 0 saturated heterocycles. The zero-order valence-corrected chi connectivity index (χ0v) is 14.5. The summed E-state index contributed by atoms with van der Waals surface area (Å²) in [6.45, 7) is -2.51. The second-order valence-corrected chi connectivity index (χ2v) is 5.68. The number of amides is 1. The van der Waals surface area contributed by atoms with Gasteiger partial charge in [0.1, 0.15) is 5.75 Å². The molecule has 0 heterocycles. The van der Waals surface area contributed by atoms with Crippen molar-refractivity contribution in [2.24, 2.45) is 0 Å². The van der Waals surface area contributed by atoms with Gasteiger partial charge in [-0.2, -0.15) is 8.78 Å². The van der Waals surface area contributed by atoms with Crippen LogP contribution in [0, 0.1) is 0 Å². The Morgan fingerprint density at radius 2 is 1.74 bits per heavy atom. The van der Waals surface area contributed by atoms with Gasteiger partial charge < -0.3 is 20.5 Å². The maximum absolute atomic E-state index is 12.4. The smallest absolute Gasteiger partial charge is 0.387 e. The maximum Gasteiger partial charge on any atom is 0.387 e. The summed E-state index contributed by atoms with van der Waals surface area (Å²) in [4.78, 5) is 22.8. The van der Waals surface area contributed by atoms with Crippen LogP contribution in [-0.4, -0.2) is 30.1 Å². The first-order valence-corrected chi connectivity index (χ1v) is 8.36. The Morgan fingerprint density at radius 3 is 2.41 bits per heavy atom. The van der Waals surface area contributed by atoms with Crippen molar-refractivity contribution in [2.45, 2.75) is 25.9 Å². The Kier molecular flexibility index (Phi) is 7.54. The highest BCUT2D eigenvalue weighted by molar-refractivity contribution is 6.00. The van der Waals surface area contributed by atoms with E-state index in [2.05, 4.69) is 15.4 Å². The molecule has 0 aliphatic rings. The van der Waals surface area contributed by atoms with E-state index in [-0.39, 0.29) is 18.1 Å². The van der Waals surface area contributed by atoms with E-state index in [1.54, 1.807) is 36.4 Å². The molecule has 0 bridgehead atoms. The molecule has 2 aromatic carbocycles. The van der Waals surface area contributed by atoms with Crippen molar-refractivity contribution in [3.8, 4) is 5.75 Å². The average Bonchev–Trinajstić information content (AvgIpc) is 2.62. The number of anilines is 2. The van der Waals surface area contributed by atoms with E-state index in [4.69, 9.17) is 5.11 Å². The summed E-state index contributed by atoms with van der Waals surface area (Å²) < 4.78 is 28.7. The Labute approximate surface area is 155 Å². The number of benzene rings is 2. The van der Waals surface area contributed by atoms with Gasteiger partial charge in [0, 0.05) is 18.7 Å². The highest BCUT2D eigenvalue weighted by atomic mass is 19.3. The molecule has 27 heavy (non-hydrogen) atoms. The van der Waals surface area contributed by atoms with Gasteiger partial charge in [-0.25, -0.2) is 0 Å². The van der Waals surface area contributed by atoms with Gasteiger partial charge in [-0.3, -0.25) is 9.59 Å². The lowest BCUT2D eigenvalue weighted by Gasteiger charge is -2.13. The zero-order chi connectivity index (χ0) is 19.6. The van der Waals surface area contributed by atoms with Gasteiger partial charge in [0.15, 0.2) is 0 Å². The van der Waals surface area contributed by atoms with E-state index in [1.807, 2.05) is 0 Å². The van der Waals surface area contributed by atoms with Gasteiger partial charge in [0.05, 0.1) is 11.3 Å². The van der Waals surface area contributed by atoms with E-state index in [0.29, 0.717) is 36.3 Å². The number of carbonyl (C=O) groups excluding carboxylic acids is 1. The van der Waals surface area contributed by atoms with E-state index < -0.39 is 12.6 Å². The van der Waals surface area contributed by atoms with E-state index in [1.165, 1.54) is 12.1 Å². The number of halogens is 2. The minimum absolute atomic E-state index is 0.0444. The molecule has 0 spiro atoms. The number of rotatable bonds is 10. The highest BCUT2D eigenvalue weighted by Crippen LogP contribution is 2.23. The second-order valence-electron chi connectivity index (χ2n) is 5.68. The van der Waals surface area contributed by atoms with E-state index >= 15 is 0 Å². The molecular weight excluding hydrogens is 358 g/mol. The highest BCUT2D eigenvalue weighted by Gasteiger charge is 2.11. The third-order valence-electron chi connectivity index (χ3n) is 3.63. The molecule has 0 unspecified atom stereocenters. The molecule has 0 atom stereocenters. The van der Waals surface area contributed by atoms with Crippen LogP contribution in [0.5, 0.6) is 5.75 Å². The van der Waals surface area contributed by atoms with Gasteiger partial charge in [-0.05, 0) is 49.2 Å². The van der Waals surface area contributed by atoms with Crippen LogP contribution in [0.3, 0.4) is 0 Å². The van der Waals surface area contributed by atoms with Crippen LogP contribution in [0.4, 0.5) is 20.2 Å². The SMILES string of the molecule is O=C(O)CCCCNC(=O)c1ccccc1Nc1ccc(OC(F)F)cc1. The lowest BCUT2D eigenvalue weighted by molar-refractivity contribution is -0.137. The molecule has 8 heteroatoms. The number of para-hydroxylation sites is 1. The van der Waals surface area contributed by atoms with E-state index in [0.717, 1.165) is 0 Å². The molecule has 1 amide bonds. The van der Waals surface area contributed by atoms with Crippen molar-refractivity contribution in [2.75, 3.05) is 11.9 Å². The maximum atomic E-state index is 12.4. The first-order valence-electron chi connectivity index (χ1n) is 8.36. The number of hydrogen-bond donors (Lipinski definition) is 3. The Morgan fingerprint density at radius 1 is 1.04 bits per heavy atom. The monoisotopic (exact) mass is 378 g/mol. The summed E-state index contributed by atoms with van der Waals surface area (Å²) in [5, 5.41) is 14.4. The molecule has 0 aromatic heterocycles.